The monoisotopic (exact) mass is 255 g/mol. The van der Waals surface area contributed by atoms with Gasteiger partial charge in [-0.25, -0.2) is 0 Å². The lowest BCUT2D eigenvalue weighted by Crippen LogP contribution is -2.27. The van der Waals surface area contributed by atoms with Crippen molar-refractivity contribution in [1.29, 1.82) is 0 Å². The molecule has 0 saturated heterocycles. The quantitative estimate of drug-likeness (QED) is 0.845. The summed E-state index contributed by atoms with van der Waals surface area (Å²) in [4.78, 5) is 12.9. The van der Waals surface area contributed by atoms with Gasteiger partial charge in [0.05, 0.1) is 11.4 Å². The van der Waals surface area contributed by atoms with Gasteiger partial charge in [0.2, 0.25) is 0 Å². The molecule has 2 aromatic rings. The van der Waals surface area contributed by atoms with Crippen LogP contribution < -0.4 is 5.32 Å². The minimum atomic E-state index is 0.0257. The summed E-state index contributed by atoms with van der Waals surface area (Å²) in [6, 6.07) is 14.4. The Balaban J connectivity index is 2.06. The molecule has 1 aliphatic heterocycles. The fourth-order valence-electron chi connectivity index (χ4n) is 2.03. The molecular weight excluding hydrogens is 242 g/mol. The number of amides is 1. The second-order valence-corrected chi connectivity index (χ2v) is 5.39. The first-order valence-corrected chi connectivity index (χ1v) is 6.85. The van der Waals surface area contributed by atoms with Crippen molar-refractivity contribution in [2.45, 2.75) is 11.8 Å². The van der Waals surface area contributed by atoms with Crippen LogP contribution in [0.15, 0.2) is 47.4 Å². The molecule has 0 saturated carbocycles. The van der Waals surface area contributed by atoms with Gasteiger partial charge < -0.3 is 5.32 Å². The Kier molecular flexibility index (Phi) is 2.84. The van der Waals surface area contributed by atoms with Crippen molar-refractivity contribution < 1.29 is 4.79 Å². The van der Waals surface area contributed by atoms with Crippen LogP contribution in [-0.4, -0.2) is 11.8 Å². The van der Waals surface area contributed by atoms with Gasteiger partial charge in [0.1, 0.15) is 0 Å². The Morgan fingerprint density at radius 1 is 1.06 bits per heavy atom. The van der Waals surface area contributed by atoms with E-state index in [0.29, 0.717) is 5.88 Å². The number of hydrogen-bond acceptors (Lipinski definition) is 2. The third-order valence-corrected chi connectivity index (χ3v) is 4.03. The summed E-state index contributed by atoms with van der Waals surface area (Å²) >= 11 is 1.67. The van der Waals surface area contributed by atoms with Crippen molar-refractivity contribution in [2.75, 3.05) is 5.88 Å². The fourth-order valence-corrected chi connectivity index (χ4v) is 2.86. The maximum absolute atomic E-state index is 11.8. The van der Waals surface area contributed by atoms with E-state index >= 15 is 0 Å². The fraction of sp³-hybridized carbons (Fsp3) is 0.133. The third kappa shape index (κ3) is 2.02. The van der Waals surface area contributed by atoms with Gasteiger partial charge in [-0.3, -0.25) is 4.79 Å². The van der Waals surface area contributed by atoms with Crippen molar-refractivity contribution in [1.82, 2.24) is 5.32 Å². The molecule has 2 aromatic carbocycles. The number of hydrogen-bond donors (Lipinski definition) is 1. The van der Waals surface area contributed by atoms with Gasteiger partial charge in [-0.05, 0) is 30.2 Å². The Hall–Kier alpha value is -1.74. The minimum Gasteiger partial charge on any atom is -0.343 e. The molecule has 0 aliphatic carbocycles. The lowest BCUT2D eigenvalue weighted by atomic mass is 10.0. The van der Waals surface area contributed by atoms with Crippen LogP contribution in [0.25, 0.3) is 11.1 Å². The molecule has 1 aliphatic rings. The molecule has 0 radical (unpaired) electrons. The van der Waals surface area contributed by atoms with Crippen LogP contribution in [0.4, 0.5) is 0 Å². The van der Waals surface area contributed by atoms with Gasteiger partial charge in [0.15, 0.2) is 0 Å². The average molecular weight is 255 g/mol. The predicted molar refractivity (Wildman–Crippen MR) is 74.8 cm³/mol. The summed E-state index contributed by atoms with van der Waals surface area (Å²) in [6.07, 6.45) is 0. The predicted octanol–water partition coefficient (Wildman–Crippen LogP) is 3.46. The molecule has 2 nitrogen and oxygen atoms in total. The largest absolute Gasteiger partial charge is 0.343 e. The molecule has 0 unspecified atom stereocenters. The van der Waals surface area contributed by atoms with Crippen LogP contribution in [0, 0.1) is 6.92 Å². The molecule has 1 heterocycles. The summed E-state index contributed by atoms with van der Waals surface area (Å²) in [5, 5.41) is 2.85. The summed E-state index contributed by atoms with van der Waals surface area (Å²) in [5.41, 5.74) is 4.26. The highest BCUT2D eigenvalue weighted by Gasteiger charge is 2.17. The van der Waals surface area contributed by atoms with Gasteiger partial charge in [-0.15, -0.1) is 11.8 Å². The number of thioether (sulfide) groups is 1. The van der Waals surface area contributed by atoms with E-state index in [4.69, 9.17) is 0 Å². The topological polar surface area (TPSA) is 29.1 Å². The van der Waals surface area contributed by atoms with E-state index in [9.17, 15) is 4.79 Å². The molecule has 1 N–H and O–H groups in total. The molecule has 0 spiro atoms. The van der Waals surface area contributed by atoms with Crippen molar-refractivity contribution >= 4 is 17.7 Å². The Morgan fingerprint density at radius 2 is 1.78 bits per heavy atom. The van der Waals surface area contributed by atoms with Crippen LogP contribution >= 0.6 is 11.8 Å². The zero-order valence-corrected chi connectivity index (χ0v) is 10.9. The SMILES string of the molecule is Cc1ccc(-c2ccc3c(c2)C(=O)NCS3)cc1. The van der Waals surface area contributed by atoms with Crippen LogP contribution in [0.1, 0.15) is 15.9 Å². The van der Waals surface area contributed by atoms with E-state index in [-0.39, 0.29) is 5.91 Å². The van der Waals surface area contributed by atoms with Crippen molar-refractivity contribution in [3.8, 4) is 11.1 Å². The summed E-state index contributed by atoms with van der Waals surface area (Å²) in [6.45, 7) is 2.07. The Labute approximate surface area is 110 Å². The lowest BCUT2D eigenvalue weighted by Gasteiger charge is -2.16. The summed E-state index contributed by atoms with van der Waals surface area (Å²) in [5.74, 6) is 0.688. The second kappa shape index (κ2) is 4.50. The van der Waals surface area contributed by atoms with Crippen molar-refractivity contribution in [2.24, 2.45) is 0 Å². The highest BCUT2D eigenvalue weighted by molar-refractivity contribution is 7.99. The highest BCUT2D eigenvalue weighted by Crippen LogP contribution is 2.30. The molecule has 0 atom stereocenters. The van der Waals surface area contributed by atoms with Gasteiger partial charge in [-0.1, -0.05) is 35.9 Å². The Bertz CT molecular complexity index is 604. The smallest absolute Gasteiger partial charge is 0.253 e. The molecular formula is C15H13NOS. The van der Waals surface area contributed by atoms with E-state index in [2.05, 4.69) is 42.6 Å². The molecule has 18 heavy (non-hydrogen) atoms. The molecule has 3 rings (SSSR count). The first-order valence-electron chi connectivity index (χ1n) is 5.86. The van der Waals surface area contributed by atoms with E-state index in [1.54, 1.807) is 11.8 Å². The summed E-state index contributed by atoms with van der Waals surface area (Å²) in [7, 11) is 0. The van der Waals surface area contributed by atoms with Gasteiger partial charge in [0, 0.05) is 4.90 Å². The minimum absolute atomic E-state index is 0.0257. The number of fused-ring (bicyclic) bond motifs is 1. The van der Waals surface area contributed by atoms with Gasteiger partial charge in [-0.2, -0.15) is 0 Å². The Morgan fingerprint density at radius 3 is 2.56 bits per heavy atom. The summed E-state index contributed by atoms with van der Waals surface area (Å²) < 4.78 is 0. The zero-order valence-electron chi connectivity index (χ0n) is 10.1. The lowest BCUT2D eigenvalue weighted by molar-refractivity contribution is 0.0955. The number of aryl methyl sites for hydroxylation is 1. The van der Waals surface area contributed by atoms with E-state index in [0.717, 1.165) is 21.6 Å². The molecule has 3 heteroatoms. The van der Waals surface area contributed by atoms with E-state index in [1.165, 1.54) is 5.56 Å². The molecule has 1 amide bonds. The highest BCUT2D eigenvalue weighted by atomic mass is 32.2. The number of carbonyl (C=O) groups is 1. The van der Waals surface area contributed by atoms with Crippen molar-refractivity contribution in [3.05, 3.63) is 53.6 Å². The number of carbonyl (C=O) groups excluding carboxylic acids is 1. The zero-order chi connectivity index (χ0) is 12.5. The molecule has 0 bridgehead atoms. The van der Waals surface area contributed by atoms with Crippen LogP contribution in [0.2, 0.25) is 0 Å². The maximum Gasteiger partial charge on any atom is 0.253 e. The first-order chi connectivity index (χ1) is 8.74. The third-order valence-electron chi connectivity index (χ3n) is 3.07. The standard InChI is InChI=1S/C15H13NOS/c1-10-2-4-11(5-3-10)12-6-7-14-13(8-12)15(17)16-9-18-14/h2-8H,9H2,1H3,(H,16,17). The maximum atomic E-state index is 11.8. The van der Waals surface area contributed by atoms with Crippen LogP contribution in [-0.2, 0) is 0 Å². The number of benzene rings is 2. The van der Waals surface area contributed by atoms with E-state index in [1.807, 2.05) is 12.1 Å². The number of nitrogens with one attached hydrogen (secondary N) is 1. The second-order valence-electron chi connectivity index (χ2n) is 4.37. The molecule has 0 aromatic heterocycles. The number of rotatable bonds is 1. The van der Waals surface area contributed by atoms with E-state index < -0.39 is 0 Å². The van der Waals surface area contributed by atoms with Gasteiger partial charge >= 0.3 is 0 Å². The average Bonchev–Trinajstić information content (AvgIpc) is 2.40. The van der Waals surface area contributed by atoms with Gasteiger partial charge in [0.25, 0.3) is 5.91 Å². The van der Waals surface area contributed by atoms with Crippen molar-refractivity contribution in [3.63, 3.8) is 0 Å². The normalized spacial score (nSPS) is 13.9. The molecule has 0 fully saturated rings. The first kappa shape index (κ1) is 11.4. The van der Waals surface area contributed by atoms with Crippen LogP contribution in [0.3, 0.4) is 0 Å². The molecule has 90 valence electrons. The van der Waals surface area contributed by atoms with Crippen LogP contribution in [0.5, 0.6) is 0 Å².